The maximum atomic E-state index is 12.3. The van der Waals surface area contributed by atoms with Crippen LogP contribution in [0.5, 0.6) is 0 Å². The van der Waals surface area contributed by atoms with Crippen LogP contribution in [-0.4, -0.2) is 55.0 Å². The highest BCUT2D eigenvalue weighted by molar-refractivity contribution is 5.72. The normalized spacial score (nSPS) is 40.6. The van der Waals surface area contributed by atoms with Gasteiger partial charge < -0.3 is 24.1 Å². The molecule has 2 saturated carbocycles. The number of carbonyl (C=O) groups is 1. The summed E-state index contributed by atoms with van der Waals surface area (Å²) in [6, 6.07) is 0. The third kappa shape index (κ3) is 4.35. The molecule has 4 rings (SSSR count). The zero-order valence-corrected chi connectivity index (χ0v) is 15.2. The van der Waals surface area contributed by atoms with E-state index in [4.69, 9.17) is 18.9 Å². The van der Waals surface area contributed by atoms with E-state index in [2.05, 4.69) is 0 Å². The third-order valence-electron chi connectivity index (χ3n) is 6.04. The van der Waals surface area contributed by atoms with Crippen LogP contribution in [0.25, 0.3) is 0 Å². The van der Waals surface area contributed by atoms with Crippen LogP contribution < -0.4 is 0 Å². The van der Waals surface area contributed by atoms with Crippen molar-refractivity contribution in [1.29, 1.82) is 0 Å². The Balaban J connectivity index is 1.16. The molecule has 6 nitrogen and oxygen atoms in total. The van der Waals surface area contributed by atoms with Gasteiger partial charge in [-0.25, -0.2) is 0 Å². The number of hydrogen-bond donors (Lipinski definition) is 1. The zero-order chi connectivity index (χ0) is 17.6. The van der Waals surface area contributed by atoms with Crippen LogP contribution >= 0.6 is 0 Å². The van der Waals surface area contributed by atoms with Crippen LogP contribution in [0.15, 0.2) is 0 Å². The van der Waals surface area contributed by atoms with E-state index in [1.54, 1.807) is 0 Å². The molecule has 6 heteroatoms. The van der Waals surface area contributed by atoms with Crippen molar-refractivity contribution in [3.63, 3.8) is 0 Å². The number of fused-ring (bicyclic) bond motifs is 2. The van der Waals surface area contributed by atoms with Crippen molar-refractivity contribution in [3.05, 3.63) is 0 Å². The van der Waals surface area contributed by atoms with Crippen molar-refractivity contribution in [2.24, 2.45) is 17.3 Å². The first kappa shape index (κ1) is 17.7. The smallest absolute Gasteiger partial charge is 0.309 e. The van der Waals surface area contributed by atoms with Crippen molar-refractivity contribution < 1.29 is 28.8 Å². The molecule has 0 amide bonds. The fraction of sp³-hybridized carbons (Fsp3) is 0.947. The molecule has 142 valence electrons. The summed E-state index contributed by atoms with van der Waals surface area (Å²) >= 11 is 0. The average Bonchev–Trinajstić information content (AvgIpc) is 3.50. The van der Waals surface area contributed by atoms with Crippen molar-refractivity contribution in [2.45, 2.75) is 83.1 Å². The second-order valence-electron chi connectivity index (χ2n) is 8.98. The van der Waals surface area contributed by atoms with E-state index in [1.807, 2.05) is 13.8 Å². The molecule has 25 heavy (non-hydrogen) atoms. The summed E-state index contributed by atoms with van der Waals surface area (Å²) in [6.45, 7) is 4.66. The first-order valence-electron chi connectivity index (χ1n) is 9.68. The van der Waals surface area contributed by atoms with Crippen molar-refractivity contribution >= 4 is 5.97 Å². The summed E-state index contributed by atoms with van der Waals surface area (Å²) in [5, 5.41) is 10.3. The minimum Gasteiger partial charge on any atom is -0.465 e. The molecule has 1 N–H and O–H groups in total. The minimum absolute atomic E-state index is 0.0280. The van der Waals surface area contributed by atoms with Gasteiger partial charge in [-0.05, 0) is 38.5 Å². The molecule has 0 spiro atoms. The van der Waals surface area contributed by atoms with E-state index in [-0.39, 0.29) is 29.3 Å². The minimum atomic E-state index is -0.762. The van der Waals surface area contributed by atoms with Gasteiger partial charge in [0.2, 0.25) is 0 Å². The van der Waals surface area contributed by atoms with Gasteiger partial charge >= 0.3 is 5.97 Å². The predicted octanol–water partition coefficient (Wildman–Crippen LogP) is 2.03. The Labute approximate surface area is 149 Å². The molecule has 7 unspecified atom stereocenters. The lowest BCUT2D eigenvalue weighted by molar-refractivity contribution is -0.170. The topological polar surface area (TPSA) is 80.8 Å². The number of rotatable bonds is 7. The third-order valence-corrected chi connectivity index (χ3v) is 6.04. The second-order valence-corrected chi connectivity index (χ2v) is 8.98. The fourth-order valence-corrected chi connectivity index (χ4v) is 4.19. The van der Waals surface area contributed by atoms with Gasteiger partial charge in [0.05, 0.1) is 43.5 Å². The summed E-state index contributed by atoms with van der Waals surface area (Å²) in [5.74, 6) is 0.00221. The van der Waals surface area contributed by atoms with Gasteiger partial charge in [0.25, 0.3) is 0 Å². The Hall–Kier alpha value is -0.690. The van der Waals surface area contributed by atoms with Crippen LogP contribution in [0.4, 0.5) is 0 Å². The molecule has 4 fully saturated rings. The first-order valence-corrected chi connectivity index (χ1v) is 9.68. The van der Waals surface area contributed by atoms with Gasteiger partial charge in [0.1, 0.15) is 0 Å². The summed E-state index contributed by atoms with van der Waals surface area (Å²) in [7, 11) is 0. The lowest BCUT2D eigenvalue weighted by Crippen LogP contribution is -2.35. The molecular weight excluding hydrogens is 324 g/mol. The first-order chi connectivity index (χ1) is 11.9. The van der Waals surface area contributed by atoms with E-state index >= 15 is 0 Å². The molecular formula is C19H30O6. The van der Waals surface area contributed by atoms with Gasteiger partial charge in [-0.1, -0.05) is 13.8 Å². The Morgan fingerprint density at radius 2 is 1.72 bits per heavy atom. The van der Waals surface area contributed by atoms with E-state index in [0.717, 1.165) is 38.5 Å². The van der Waals surface area contributed by atoms with Crippen molar-refractivity contribution in [2.75, 3.05) is 13.2 Å². The molecule has 2 aliphatic carbocycles. The SMILES string of the molecule is CC(C)(COC(=O)C1CCC2OC2C1)COC(O)C1CCC2OC2C1. The monoisotopic (exact) mass is 354 g/mol. The highest BCUT2D eigenvalue weighted by Gasteiger charge is 2.47. The number of esters is 1. The highest BCUT2D eigenvalue weighted by atomic mass is 16.6. The predicted molar refractivity (Wildman–Crippen MR) is 88.7 cm³/mol. The largest absolute Gasteiger partial charge is 0.465 e. The number of ether oxygens (including phenoxy) is 4. The quantitative estimate of drug-likeness (QED) is 0.428. The Morgan fingerprint density at radius 3 is 2.40 bits per heavy atom. The van der Waals surface area contributed by atoms with Gasteiger partial charge in [-0.3, -0.25) is 4.79 Å². The van der Waals surface area contributed by atoms with Crippen LogP contribution in [0.2, 0.25) is 0 Å². The number of epoxide rings is 2. The molecule has 0 aromatic rings. The van der Waals surface area contributed by atoms with E-state index in [1.165, 1.54) is 0 Å². The van der Waals surface area contributed by atoms with Crippen LogP contribution in [-0.2, 0) is 23.7 Å². The molecule has 0 aromatic carbocycles. The van der Waals surface area contributed by atoms with Crippen LogP contribution in [0, 0.1) is 17.3 Å². The molecule has 4 aliphatic rings. The standard InChI is InChI=1S/C19H30O6/c1-19(2,9-22-17(20)11-3-5-13-15(7-11)24-13)10-23-18(21)12-4-6-14-16(8-12)25-14/h11-17,20H,3-10H2,1-2H3. The molecule has 0 radical (unpaired) electrons. The molecule has 2 saturated heterocycles. The summed E-state index contributed by atoms with van der Waals surface area (Å²) in [5.41, 5.74) is -0.322. The zero-order valence-electron chi connectivity index (χ0n) is 15.2. The van der Waals surface area contributed by atoms with Gasteiger partial charge in [0, 0.05) is 11.3 Å². The molecule has 0 aromatic heterocycles. The van der Waals surface area contributed by atoms with E-state index < -0.39 is 6.29 Å². The van der Waals surface area contributed by atoms with Crippen molar-refractivity contribution in [3.8, 4) is 0 Å². The van der Waals surface area contributed by atoms with E-state index in [0.29, 0.717) is 31.5 Å². The van der Waals surface area contributed by atoms with Gasteiger partial charge in [0.15, 0.2) is 6.29 Å². The molecule has 2 heterocycles. The Morgan fingerprint density at radius 1 is 1.04 bits per heavy atom. The number of hydrogen-bond acceptors (Lipinski definition) is 6. The maximum Gasteiger partial charge on any atom is 0.309 e. The van der Waals surface area contributed by atoms with Gasteiger partial charge in [-0.2, -0.15) is 0 Å². The van der Waals surface area contributed by atoms with Crippen LogP contribution in [0.1, 0.15) is 52.4 Å². The average molecular weight is 354 g/mol. The summed E-state index contributed by atoms with van der Waals surface area (Å²) in [4.78, 5) is 12.3. The number of aliphatic hydroxyl groups excluding tert-OH is 1. The molecule has 7 atom stereocenters. The van der Waals surface area contributed by atoms with Gasteiger partial charge in [-0.15, -0.1) is 0 Å². The summed E-state index contributed by atoms with van der Waals surface area (Å²) in [6.07, 6.45) is 6.15. The van der Waals surface area contributed by atoms with E-state index in [9.17, 15) is 9.90 Å². The lowest BCUT2D eigenvalue weighted by atomic mass is 9.88. The van der Waals surface area contributed by atoms with Crippen LogP contribution in [0.3, 0.4) is 0 Å². The second kappa shape index (κ2) is 6.80. The lowest BCUT2D eigenvalue weighted by Gasteiger charge is -2.30. The maximum absolute atomic E-state index is 12.3. The Kier molecular flexibility index (Phi) is 4.82. The van der Waals surface area contributed by atoms with Crippen molar-refractivity contribution in [1.82, 2.24) is 0 Å². The molecule has 2 aliphatic heterocycles. The highest BCUT2D eigenvalue weighted by Crippen LogP contribution is 2.41. The summed E-state index contributed by atoms with van der Waals surface area (Å²) < 4.78 is 22.2. The number of carbonyl (C=O) groups excluding carboxylic acids is 1. The number of aliphatic hydroxyl groups is 1. The Bertz CT molecular complexity index is 506. The fourth-order valence-electron chi connectivity index (χ4n) is 4.19. The molecule has 0 bridgehead atoms.